The Morgan fingerprint density at radius 1 is 0.333 bits per heavy atom. The molecule has 5 heterocycles. The zero-order chi connectivity index (χ0) is 96.0. The minimum Gasteiger partial charge on any atom is -0.494 e. The van der Waals surface area contributed by atoms with Crippen LogP contribution in [0.25, 0.3) is 0 Å². The number of rotatable bonds is 22. The summed E-state index contributed by atoms with van der Waals surface area (Å²) >= 11 is 0. The lowest BCUT2D eigenvalue weighted by atomic mass is 9.64. The largest absolute Gasteiger partial charge is 0.494 e. The molecule has 0 saturated heterocycles. The lowest BCUT2D eigenvalue weighted by Gasteiger charge is -2.38. The average molecular weight is 1810 g/mol. The molecule has 13 aromatic rings. The fourth-order valence-electron chi connectivity index (χ4n) is 17.2. The van der Waals surface area contributed by atoms with Gasteiger partial charge in [-0.15, -0.1) is 5.10 Å². The number of nitrogens with zero attached hydrogens (tertiary/aromatic N) is 3. The molecule has 0 radical (unpaired) electrons. The summed E-state index contributed by atoms with van der Waals surface area (Å²) in [5.41, 5.74) is 22.9. The Morgan fingerprint density at radius 3 is 0.941 bits per heavy atom. The topological polar surface area (TPSA) is 166 Å². The highest BCUT2D eigenvalue weighted by atomic mass is 16.6. The van der Waals surface area contributed by atoms with Crippen molar-refractivity contribution in [1.29, 1.82) is 0 Å². The molecule has 706 valence electrons. The van der Waals surface area contributed by atoms with Gasteiger partial charge in [0.05, 0.1) is 69.4 Å². The molecule has 2 amide bonds. The Kier molecular flexibility index (Phi) is 33.4. The van der Waals surface area contributed by atoms with Crippen LogP contribution < -0.4 is 34.9 Å². The second kappa shape index (κ2) is 44.9. The van der Waals surface area contributed by atoms with E-state index in [1.54, 1.807) is 24.3 Å². The van der Waals surface area contributed by atoms with Crippen LogP contribution in [0.1, 0.15) is 264 Å². The highest BCUT2D eigenvalue weighted by molar-refractivity contribution is 5.99. The zero-order valence-corrected chi connectivity index (χ0v) is 83.0. The van der Waals surface area contributed by atoms with E-state index in [0.29, 0.717) is 96.8 Å². The predicted molar refractivity (Wildman–Crippen MR) is 548 cm³/mol. The number of benzene rings is 12. The van der Waals surface area contributed by atoms with Gasteiger partial charge < -0.3 is 49.1 Å². The highest BCUT2D eigenvalue weighted by Crippen LogP contribution is 2.50. The lowest BCUT2D eigenvalue weighted by Crippen LogP contribution is -2.31. The zero-order valence-electron chi connectivity index (χ0n) is 83.0. The number of carbonyl (C=O) groups is 2. The molecule has 0 fully saturated rings. The number of nitrogens with one attached hydrogen (secondary N) is 3. The molecular weight excluding hydrogens is 1670 g/mol. The Labute approximate surface area is 803 Å². The van der Waals surface area contributed by atoms with Crippen molar-refractivity contribution >= 4 is 11.8 Å². The van der Waals surface area contributed by atoms with Gasteiger partial charge in [0.2, 0.25) is 0 Å². The molecule has 1 aromatic heterocycles. The first-order valence-electron chi connectivity index (χ1n) is 48.1. The molecule has 0 spiro atoms. The van der Waals surface area contributed by atoms with Gasteiger partial charge in [0.15, 0.2) is 0 Å². The minimum absolute atomic E-state index is 0.0332. The van der Waals surface area contributed by atoms with E-state index in [2.05, 4.69) is 375 Å². The second-order valence-electron chi connectivity index (χ2n) is 41.8. The first-order chi connectivity index (χ1) is 64.5. The van der Waals surface area contributed by atoms with E-state index >= 15 is 0 Å². The highest BCUT2D eigenvalue weighted by Gasteiger charge is 2.42. The van der Waals surface area contributed by atoms with Crippen molar-refractivity contribution in [3.05, 3.63) is 414 Å². The molecule has 6 bridgehead atoms. The van der Waals surface area contributed by atoms with Gasteiger partial charge in [0.1, 0.15) is 36.2 Å². The fraction of sp³-hybridized carbons (Fsp3) is 0.367. The summed E-state index contributed by atoms with van der Waals surface area (Å²) in [7, 11) is 0. The van der Waals surface area contributed by atoms with Gasteiger partial charge in [-0.3, -0.25) is 14.3 Å². The standard InChI is InChI=1S/C90H108N4O2.C30H34N2O7/c1-83(2,3)66-25-37-72(38-26-66)89(73-39-27-67(28-40-73)84(4,5)6,74-41-29-68(30-42-74)85(7,8)9)78-49-53-81(54-50-78)95-59-19-57-91-62-65-23-21-64(22-24-65)61-80-63-94(93-92-80)58-20-60-96-82-55-51-79(52-56-82)90(75-43-31-69(32-44-75)86(10,11)12,76-45-33-70(34-46-76)87(13,14)15)77-47-35-71(36-48-77)88(16,17)18;33-29-25-2-1-3-26(20-25)30(34)32-22-24-6-10-28(11-7-24)39-19-17-37-15-13-35-12-14-36-16-18-38-27-8-4-23(5-9-27)21-31-29/h21-56,63,91H,19-20,57-62H2,1-18H3;1-11,20H,12-19,21-22H2,(H,31,33)(H,32,34). The summed E-state index contributed by atoms with van der Waals surface area (Å²) in [4.78, 5) is 25.4. The molecular formula is C120H142N6O9. The number of ether oxygens (including phenoxy) is 7. The Morgan fingerprint density at radius 2 is 0.622 bits per heavy atom. The van der Waals surface area contributed by atoms with Gasteiger partial charge in [-0.2, -0.15) is 0 Å². The first-order valence-corrected chi connectivity index (χ1v) is 48.1. The van der Waals surface area contributed by atoms with E-state index in [9.17, 15) is 9.59 Å². The average Bonchev–Trinajstić information content (AvgIpc) is 0.795. The number of hydrogen-bond donors (Lipinski definition) is 3. The fourth-order valence-corrected chi connectivity index (χ4v) is 17.2. The van der Waals surface area contributed by atoms with Gasteiger partial charge in [-0.25, -0.2) is 0 Å². The Bertz CT molecular complexity index is 5520. The van der Waals surface area contributed by atoms with Crippen LogP contribution in [-0.2, 0) is 90.1 Å². The van der Waals surface area contributed by atoms with Gasteiger partial charge in [-0.05, 0) is 212 Å². The summed E-state index contributed by atoms with van der Waals surface area (Å²) in [5, 5.41) is 18.5. The van der Waals surface area contributed by atoms with E-state index < -0.39 is 10.8 Å². The van der Waals surface area contributed by atoms with Gasteiger partial charge in [-0.1, -0.05) is 354 Å². The summed E-state index contributed by atoms with van der Waals surface area (Å²) in [6.45, 7) is 49.0. The van der Waals surface area contributed by atoms with E-state index in [-0.39, 0.29) is 44.3 Å². The van der Waals surface area contributed by atoms with Gasteiger partial charge >= 0.3 is 0 Å². The molecule has 15 heteroatoms. The Balaban J connectivity index is 0.000000329. The van der Waals surface area contributed by atoms with Crippen LogP contribution in [0.15, 0.2) is 297 Å². The van der Waals surface area contributed by atoms with Crippen LogP contribution in [0.3, 0.4) is 0 Å². The second-order valence-corrected chi connectivity index (χ2v) is 41.8. The van der Waals surface area contributed by atoms with Crippen LogP contribution in [-0.4, -0.2) is 99.4 Å². The van der Waals surface area contributed by atoms with Crippen molar-refractivity contribution < 1.29 is 42.7 Å². The van der Waals surface area contributed by atoms with E-state index in [4.69, 9.17) is 33.2 Å². The summed E-state index contributed by atoms with van der Waals surface area (Å²) in [6, 6.07) is 104. The molecule has 0 saturated carbocycles. The van der Waals surface area contributed by atoms with Crippen molar-refractivity contribution in [3.63, 3.8) is 0 Å². The number of amides is 2. The summed E-state index contributed by atoms with van der Waals surface area (Å²) in [5.74, 6) is 2.65. The normalized spacial score (nSPS) is 14.0. The number of aromatic nitrogens is 3. The molecule has 0 unspecified atom stereocenters. The van der Waals surface area contributed by atoms with Crippen molar-refractivity contribution in [1.82, 2.24) is 30.9 Å². The lowest BCUT2D eigenvalue weighted by molar-refractivity contribution is 0.00499. The quantitative estimate of drug-likeness (QED) is 0.0435. The maximum Gasteiger partial charge on any atom is 0.251 e. The molecule has 15 nitrogen and oxygen atoms in total. The molecule has 4 aliphatic rings. The first kappa shape index (κ1) is 100. The third-order valence-electron chi connectivity index (χ3n) is 25.4. The molecule has 12 aromatic carbocycles. The van der Waals surface area contributed by atoms with Crippen molar-refractivity contribution in [3.8, 4) is 23.0 Å². The van der Waals surface area contributed by atoms with Gasteiger partial charge in [0.25, 0.3) is 11.8 Å². The SMILES string of the molecule is CC(C)(C)c1ccc(C(c2ccc(OCCCNCc3ccc(Cc4cn(CCCOc5ccc(C(c6ccc(C(C)(C)C)cc6)(c6ccc(C(C)(C)C)cc6)c6ccc(C(C)(C)C)cc6)cc5)nn4)cc3)cc2)(c2ccc(C(C)(C)C)cc2)c2ccc(C(C)(C)C)cc2)cc1.O=C1NCc2ccc(cc2)OCCOCCOCCOCCOc2ccc(cc2)CNC(=O)c2cccc1c2. The number of hydrogen-bond acceptors (Lipinski definition) is 12. The minimum atomic E-state index is -0.582. The van der Waals surface area contributed by atoms with E-state index in [1.807, 2.05) is 53.2 Å². The van der Waals surface area contributed by atoms with E-state index in [0.717, 1.165) is 72.2 Å². The molecule has 0 atom stereocenters. The van der Waals surface area contributed by atoms with Crippen molar-refractivity contribution in [2.45, 2.75) is 213 Å². The van der Waals surface area contributed by atoms with Crippen LogP contribution in [0.5, 0.6) is 23.0 Å². The summed E-state index contributed by atoms with van der Waals surface area (Å²) in [6.07, 6.45) is 4.47. The van der Waals surface area contributed by atoms with Crippen molar-refractivity contribution in [2.75, 3.05) is 72.6 Å². The molecule has 17 rings (SSSR count). The molecule has 3 N–H and O–H groups in total. The van der Waals surface area contributed by atoms with Crippen LogP contribution in [0.4, 0.5) is 0 Å². The van der Waals surface area contributed by atoms with E-state index in [1.165, 1.54) is 89.0 Å². The maximum atomic E-state index is 12.7. The van der Waals surface area contributed by atoms with Crippen LogP contribution >= 0.6 is 0 Å². The van der Waals surface area contributed by atoms with Crippen LogP contribution in [0.2, 0.25) is 0 Å². The summed E-state index contributed by atoms with van der Waals surface area (Å²) < 4.78 is 42.8. The smallest absolute Gasteiger partial charge is 0.251 e. The van der Waals surface area contributed by atoms with Gasteiger partial charge in [0, 0.05) is 56.3 Å². The maximum absolute atomic E-state index is 12.7. The monoisotopic (exact) mass is 1810 g/mol. The van der Waals surface area contributed by atoms with Crippen LogP contribution in [0, 0.1) is 0 Å². The molecule has 4 aliphatic heterocycles. The number of aryl methyl sites for hydroxylation is 1. The van der Waals surface area contributed by atoms with Crippen molar-refractivity contribution in [2.24, 2.45) is 0 Å². The third kappa shape index (κ3) is 26.9. The predicted octanol–water partition coefficient (Wildman–Crippen LogP) is 24.8. The molecule has 0 aliphatic carbocycles. The third-order valence-corrected chi connectivity index (χ3v) is 25.4. The molecule has 135 heavy (non-hydrogen) atoms. The number of carbonyl (C=O) groups excluding carboxylic acids is 2. The Hall–Kier alpha value is -12.2.